The van der Waals surface area contributed by atoms with Crippen LogP contribution in [0.5, 0.6) is 11.5 Å². The molecular weight excluding hydrogens is 927 g/mol. The summed E-state index contributed by atoms with van der Waals surface area (Å²) in [6.45, 7) is 0. The molecule has 0 aliphatic heterocycles. The van der Waals surface area contributed by atoms with Crippen LogP contribution in [0.15, 0.2) is 146 Å². The van der Waals surface area contributed by atoms with Gasteiger partial charge in [-0.1, -0.05) is 30.3 Å². The van der Waals surface area contributed by atoms with E-state index >= 15 is 0 Å². The molecule has 0 aliphatic carbocycles. The number of aryl methyl sites for hydroxylation is 2. The van der Waals surface area contributed by atoms with Crippen molar-refractivity contribution in [2.75, 3.05) is 10.6 Å². The minimum absolute atomic E-state index is 0.0573. The van der Waals surface area contributed by atoms with Gasteiger partial charge in [0.05, 0.1) is 11.4 Å². The van der Waals surface area contributed by atoms with Crippen LogP contribution in [-0.4, -0.2) is 75.1 Å². The summed E-state index contributed by atoms with van der Waals surface area (Å²) in [4.78, 5) is 51.0. The van der Waals surface area contributed by atoms with E-state index in [2.05, 4.69) is 36.1 Å². The van der Waals surface area contributed by atoms with E-state index < -0.39 is 76.7 Å². The first-order valence-corrected chi connectivity index (χ1v) is 22.7. The Morgan fingerprint density at radius 3 is 1.25 bits per heavy atom. The van der Waals surface area contributed by atoms with Crippen molar-refractivity contribution in [2.45, 2.75) is 35.5 Å². The molecule has 8 N–H and O–H groups in total. The number of nitrogens with one attached hydrogen (secondary N) is 2. The fourth-order valence-corrected chi connectivity index (χ4v) is 8.02. The lowest BCUT2D eigenvalue weighted by Crippen LogP contribution is -2.18. The van der Waals surface area contributed by atoms with Gasteiger partial charge < -0.3 is 31.1 Å². The number of aliphatic carboxylic acids is 2. The van der Waals surface area contributed by atoms with Crippen LogP contribution in [-0.2, 0) is 42.7 Å². The van der Waals surface area contributed by atoms with Gasteiger partial charge in [-0.3, -0.25) is 28.3 Å². The van der Waals surface area contributed by atoms with Crippen molar-refractivity contribution in [2.24, 2.45) is 20.5 Å². The third-order valence-electron chi connectivity index (χ3n) is 10.0. The maximum absolute atomic E-state index is 13.4. The lowest BCUT2D eigenvalue weighted by Gasteiger charge is -2.12. The fraction of sp³-hybridized carbons (Fsp3) is 0.0889. The van der Waals surface area contributed by atoms with Crippen LogP contribution >= 0.6 is 0 Å². The molecule has 0 radical (unpaired) electrons. The number of carbonyl (C=O) groups excluding carboxylic acids is 2. The summed E-state index contributed by atoms with van der Waals surface area (Å²) in [5.74, 6) is -4.86. The minimum atomic E-state index is -4.99. The number of anilines is 2. The molecule has 1 aromatic heterocycles. The highest BCUT2D eigenvalue weighted by molar-refractivity contribution is 7.86. The second-order valence-electron chi connectivity index (χ2n) is 14.8. The number of fused-ring (bicyclic) bond motifs is 2. The molecule has 0 atom stereocenters. The highest BCUT2D eigenvalue weighted by Gasteiger charge is 2.24. The van der Waals surface area contributed by atoms with Gasteiger partial charge in [0.25, 0.3) is 32.1 Å². The highest BCUT2D eigenvalue weighted by Crippen LogP contribution is 2.43. The topological polar surface area (TPSA) is 344 Å². The second-order valence-corrected chi connectivity index (χ2v) is 17.6. The molecule has 21 nitrogen and oxygen atoms in total. The molecule has 0 fully saturated rings. The summed E-state index contributed by atoms with van der Waals surface area (Å²) in [5.41, 5.74) is 0.454. The Labute approximate surface area is 384 Å². The summed E-state index contributed by atoms with van der Waals surface area (Å²) < 4.78 is 69.8. The van der Waals surface area contributed by atoms with E-state index in [-0.39, 0.29) is 81.4 Å². The van der Waals surface area contributed by atoms with Crippen LogP contribution in [0.1, 0.15) is 44.9 Å². The fourth-order valence-electron chi connectivity index (χ4n) is 6.70. The molecule has 2 amide bonds. The Balaban J connectivity index is 1.07. The van der Waals surface area contributed by atoms with E-state index in [9.17, 15) is 55.3 Å². The zero-order valence-electron chi connectivity index (χ0n) is 34.8. The van der Waals surface area contributed by atoms with Crippen molar-refractivity contribution >= 4 is 99.7 Å². The molecule has 0 spiro atoms. The Morgan fingerprint density at radius 2 is 0.897 bits per heavy atom. The predicted molar refractivity (Wildman–Crippen MR) is 244 cm³/mol. The van der Waals surface area contributed by atoms with Crippen molar-refractivity contribution in [1.29, 1.82) is 0 Å². The predicted octanol–water partition coefficient (Wildman–Crippen LogP) is 8.66. The zero-order valence-corrected chi connectivity index (χ0v) is 36.4. The number of phenols is 2. The number of rotatable bonds is 16. The molecule has 68 heavy (non-hydrogen) atoms. The maximum Gasteiger partial charge on any atom is 0.303 e. The highest BCUT2D eigenvalue weighted by atomic mass is 32.2. The third-order valence-corrected chi connectivity index (χ3v) is 11.8. The van der Waals surface area contributed by atoms with E-state index in [1.807, 2.05) is 0 Å². The van der Waals surface area contributed by atoms with Gasteiger partial charge >= 0.3 is 11.9 Å². The number of benzene rings is 6. The van der Waals surface area contributed by atoms with Crippen LogP contribution in [0.3, 0.4) is 0 Å². The van der Waals surface area contributed by atoms with Crippen LogP contribution in [0, 0.1) is 0 Å². The number of carboxylic acid groups (broad SMARTS) is 2. The summed E-state index contributed by atoms with van der Waals surface area (Å²) in [6, 6.07) is 26.5. The molecule has 0 unspecified atom stereocenters. The number of amides is 2. The number of carbonyl (C=O) groups is 4. The third kappa shape index (κ3) is 11.3. The van der Waals surface area contributed by atoms with Crippen LogP contribution in [0.4, 0.5) is 34.1 Å². The zero-order chi connectivity index (χ0) is 48.9. The smallest absolute Gasteiger partial charge is 0.303 e. The molecule has 6 aromatic carbocycles. The normalized spacial score (nSPS) is 11.9. The molecule has 7 aromatic rings. The number of phenolic OH excluding ortho intramolecular Hbond substituents is 2. The van der Waals surface area contributed by atoms with Gasteiger partial charge in [0.1, 0.15) is 32.6 Å². The minimum Gasteiger partial charge on any atom is -0.505 e. The van der Waals surface area contributed by atoms with Crippen molar-refractivity contribution in [1.82, 2.24) is 4.98 Å². The molecule has 0 bridgehead atoms. The number of pyridine rings is 1. The molecular formula is C45H35N7O14S2. The summed E-state index contributed by atoms with van der Waals surface area (Å²) in [6.07, 6.45) is 0.357. The van der Waals surface area contributed by atoms with Crippen LogP contribution in [0.25, 0.3) is 21.5 Å². The summed E-state index contributed by atoms with van der Waals surface area (Å²) in [7, 11) is -9.99. The van der Waals surface area contributed by atoms with Crippen molar-refractivity contribution in [3.8, 4) is 11.5 Å². The van der Waals surface area contributed by atoms with Crippen LogP contribution < -0.4 is 10.6 Å². The average molecular weight is 962 g/mol. The van der Waals surface area contributed by atoms with Gasteiger partial charge in [-0.15, -0.1) is 10.2 Å². The van der Waals surface area contributed by atoms with Gasteiger partial charge in [-0.05, 0) is 120 Å². The number of nitrogens with zero attached hydrogens (tertiary/aromatic N) is 5. The number of carboxylic acids is 2. The van der Waals surface area contributed by atoms with Gasteiger partial charge in [0.15, 0.2) is 11.5 Å². The first-order chi connectivity index (χ1) is 32.2. The van der Waals surface area contributed by atoms with Crippen molar-refractivity contribution < 1.29 is 65.5 Å². The molecule has 0 aliphatic rings. The van der Waals surface area contributed by atoms with Gasteiger partial charge in [-0.25, -0.2) is 4.98 Å². The monoisotopic (exact) mass is 961 g/mol. The Kier molecular flexibility index (Phi) is 13.6. The van der Waals surface area contributed by atoms with Crippen LogP contribution in [0.2, 0.25) is 0 Å². The van der Waals surface area contributed by atoms with E-state index in [4.69, 9.17) is 10.2 Å². The Morgan fingerprint density at radius 1 is 0.515 bits per heavy atom. The lowest BCUT2D eigenvalue weighted by atomic mass is 10.1. The van der Waals surface area contributed by atoms with E-state index in [0.29, 0.717) is 11.1 Å². The Bertz CT molecular complexity index is 3250. The quantitative estimate of drug-likeness (QED) is 0.0332. The van der Waals surface area contributed by atoms with Crippen molar-refractivity contribution in [3.05, 3.63) is 138 Å². The summed E-state index contributed by atoms with van der Waals surface area (Å²) in [5, 5.41) is 61.1. The molecule has 0 saturated heterocycles. The van der Waals surface area contributed by atoms with E-state index in [0.717, 1.165) is 12.1 Å². The number of aromatic hydroxyl groups is 2. The standard InChI is InChI=1S/C45H35N7O14S2/c53-38(54)18-8-24-4-10-28(11-5-24)49-51-40-36(67(61,62)63)22-26-20-30(14-16-32(26)42(40)57)46-44(59)34-2-1-3-35(48-34)45(60)47-31-15-17-33-27(21-31)23-37(68(64,65)66)41(43(33)58)52-50-29-12-6-25(7-13-29)9-19-39(55)56/h1-7,10-17,20-23,57-58H,8-9,18-19H2,(H,46,59)(H,47,60)(H,53,54)(H,55,56)(H,61,62,63)(H,64,65,66). The van der Waals surface area contributed by atoms with E-state index in [1.54, 1.807) is 24.3 Å². The SMILES string of the molecule is O=C(O)CCc1ccc(N=Nc2c(S(=O)(=O)O)cc3cc(NC(=O)c4cccc(C(=O)Nc5ccc6c(O)c(N=Nc7ccc(CCC(=O)O)cc7)c(S(=O)(=O)O)cc6c5)n4)ccc3c2O)cc1. The van der Waals surface area contributed by atoms with Gasteiger partial charge in [0.2, 0.25) is 0 Å². The number of hydrogen-bond acceptors (Lipinski definition) is 15. The molecule has 0 saturated carbocycles. The van der Waals surface area contributed by atoms with E-state index in [1.165, 1.54) is 78.9 Å². The molecule has 7 rings (SSSR count). The lowest BCUT2D eigenvalue weighted by molar-refractivity contribution is -0.138. The first kappa shape index (κ1) is 47.5. The van der Waals surface area contributed by atoms with Gasteiger partial charge in [0, 0.05) is 35.0 Å². The largest absolute Gasteiger partial charge is 0.505 e. The first-order valence-electron chi connectivity index (χ1n) is 19.8. The number of aromatic nitrogens is 1. The van der Waals surface area contributed by atoms with Gasteiger partial charge in [-0.2, -0.15) is 27.1 Å². The van der Waals surface area contributed by atoms with Crippen molar-refractivity contribution in [3.63, 3.8) is 0 Å². The Hall–Kier alpha value is -8.51. The average Bonchev–Trinajstić information content (AvgIpc) is 3.29. The number of azo groups is 2. The molecule has 1 heterocycles. The molecule has 23 heteroatoms. The summed E-state index contributed by atoms with van der Waals surface area (Å²) >= 11 is 0. The maximum atomic E-state index is 13.4. The second kappa shape index (κ2) is 19.5. The molecule has 346 valence electrons. The number of hydrogen-bond donors (Lipinski definition) is 8.